The zero-order valence-electron chi connectivity index (χ0n) is 26.9. The van der Waals surface area contributed by atoms with Crippen LogP contribution in [0.1, 0.15) is 30.5 Å². The van der Waals surface area contributed by atoms with E-state index in [9.17, 15) is 24.9 Å². The molecule has 1 aliphatic carbocycles. The van der Waals surface area contributed by atoms with Crippen molar-refractivity contribution in [3.8, 4) is 17.2 Å². The molecule has 3 N–H and O–H groups in total. The fourth-order valence-electron chi connectivity index (χ4n) is 6.92. The largest absolute Gasteiger partial charge is 0.504 e. The molecule has 2 aliphatic rings. The number of aromatic hydroxyl groups is 1. The SMILES string of the molecule is COc1cc(/C=C(/CC[C@@H](O)C2=C(COc3ccccc3)C[C@H]3C(=O)N(c4ccccc4)C(=O)[C@H]3[C@H]2CO)c2ccccn2)cc(I)c1O. The molecule has 2 amide bonds. The highest BCUT2D eigenvalue weighted by atomic mass is 127. The van der Waals surface area contributed by atoms with E-state index in [0.717, 1.165) is 16.8 Å². The van der Waals surface area contributed by atoms with Crippen molar-refractivity contribution < 1.29 is 34.4 Å². The lowest BCUT2D eigenvalue weighted by Gasteiger charge is -2.36. The number of fused-ring (bicyclic) bond motifs is 1. The molecule has 0 spiro atoms. The highest BCUT2D eigenvalue weighted by Gasteiger charge is 2.55. The Morgan fingerprint density at radius 2 is 1.73 bits per heavy atom. The first-order valence-corrected chi connectivity index (χ1v) is 17.2. The summed E-state index contributed by atoms with van der Waals surface area (Å²) in [5, 5.41) is 33.2. The Hall–Kier alpha value is -4.52. The van der Waals surface area contributed by atoms with Gasteiger partial charge in [0.15, 0.2) is 11.5 Å². The first kappa shape index (κ1) is 34.3. The molecule has 4 aromatic rings. The van der Waals surface area contributed by atoms with Gasteiger partial charge in [0, 0.05) is 12.1 Å². The number of nitrogens with zero attached hydrogens (tertiary/aromatic N) is 2. The van der Waals surface area contributed by atoms with E-state index in [4.69, 9.17) is 9.47 Å². The van der Waals surface area contributed by atoms with Crippen molar-refractivity contribution in [2.45, 2.75) is 25.4 Å². The molecule has 2 heterocycles. The molecule has 252 valence electrons. The molecule has 1 fully saturated rings. The van der Waals surface area contributed by atoms with Crippen LogP contribution in [0.25, 0.3) is 11.6 Å². The molecule has 3 aromatic carbocycles. The number of pyridine rings is 1. The number of hydrogen-bond donors (Lipinski definition) is 3. The lowest BCUT2D eigenvalue weighted by Crippen LogP contribution is -2.40. The third-order valence-electron chi connectivity index (χ3n) is 9.20. The predicted octanol–water partition coefficient (Wildman–Crippen LogP) is 6.28. The Morgan fingerprint density at radius 3 is 2.41 bits per heavy atom. The summed E-state index contributed by atoms with van der Waals surface area (Å²) in [7, 11) is 1.50. The summed E-state index contributed by atoms with van der Waals surface area (Å²) in [4.78, 5) is 33.5. The van der Waals surface area contributed by atoms with Crippen molar-refractivity contribution >= 4 is 51.7 Å². The number of para-hydroxylation sites is 2. The van der Waals surface area contributed by atoms with Gasteiger partial charge in [-0.2, -0.15) is 0 Å². The molecule has 1 aromatic heterocycles. The maximum absolute atomic E-state index is 13.9. The van der Waals surface area contributed by atoms with Crippen LogP contribution in [0.15, 0.2) is 108 Å². The van der Waals surface area contributed by atoms with Crippen LogP contribution in [0.5, 0.6) is 17.2 Å². The van der Waals surface area contributed by atoms with Gasteiger partial charge in [0.05, 0.1) is 46.6 Å². The molecule has 0 bridgehead atoms. The number of hydrogen-bond acceptors (Lipinski definition) is 8. The molecule has 10 heteroatoms. The first-order valence-electron chi connectivity index (χ1n) is 16.1. The van der Waals surface area contributed by atoms with Gasteiger partial charge in [-0.05, 0) is 119 Å². The molecule has 49 heavy (non-hydrogen) atoms. The number of phenols is 1. The smallest absolute Gasteiger partial charge is 0.238 e. The average molecular weight is 773 g/mol. The summed E-state index contributed by atoms with van der Waals surface area (Å²) >= 11 is 2.05. The minimum Gasteiger partial charge on any atom is -0.504 e. The van der Waals surface area contributed by atoms with Gasteiger partial charge >= 0.3 is 0 Å². The second-order valence-electron chi connectivity index (χ2n) is 12.1. The van der Waals surface area contributed by atoms with E-state index in [2.05, 4.69) is 27.6 Å². The molecular formula is C39H37IN2O7. The van der Waals surface area contributed by atoms with Crippen molar-refractivity contribution in [3.63, 3.8) is 0 Å². The Kier molecular flexibility index (Phi) is 10.8. The van der Waals surface area contributed by atoms with Crippen LogP contribution in [-0.2, 0) is 9.59 Å². The van der Waals surface area contributed by atoms with Gasteiger partial charge in [0.2, 0.25) is 11.8 Å². The lowest BCUT2D eigenvalue weighted by atomic mass is 9.68. The van der Waals surface area contributed by atoms with Gasteiger partial charge in [0.25, 0.3) is 0 Å². The van der Waals surface area contributed by atoms with Crippen molar-refractivity contribution in [3.05, 3.63) is 123 Å². The molecule has 0 radical (unpaired) electrons. The van der Waals surface area contributed by atoms with Crippen LogP contribution < -0.4 is 14.4 Å². The lowest BCUT2D eigenvalue weighted by molar-refractivity contribution is -0.123. The minimum atomic E-state index is -1.05. The number of anilines is 1. The topological polar surface area (TPSA) is 129 Å². The quantitative estimate of drug-likeness (QED) is 0.0873. The van der Waals surface area contributed by atoms with E-state index in [0.29, 0.717) is 38.3 Å². The summed E-state index contributed by atoms with van der Waals surface area (Å²) in [5.41, 5.74) is 4.07. The number of halogens is 1. The summed E-state index contributed by atoms with van der Waals surface area (Å²) < 4.78 is 12.1. The second kappa shape index (κ2) is 15.4. The zero-order valence-corrected chi connectivity index (χ0v) is 29.1. The average Bonchev–Trinajstić information content (AvgIpc) is 3.39. The van der Waals surface area contributed by atoms with Gasteiger partial charge in [-0.3, -0.25) is 19.5 Å². The van der Waals surface area contributed by atoms with Gasteiger partial charge < -0.3 is 24.8 Å². The fraction of sp³-hybridized carbons (Fsp3) is 0.256. The van der Waals surface area contributed by atoms with E-state index in [1.54, 1.807) is 36.5 Å². The Labute approximate surface area is 298 Å². The summed E-state index contributed by atoms with van der Waals surface area (Å²) in [6.45, 7) is -0.323. The number of amides is 2. The summed E-state index contributed by atoms with van der Waals surface area (Å²) in [5.74, 6) is -1.95. The third-order valence-corrected chi connectivity index (χ3v) is 10.0. The number of aliphatic hydroxyl groups is 2. The number of carbonyl (C=O) groups is 2. The van der Waals surface area contributed by atoms with Crippen LogP contribution in [0.2, 0.25) is 0 Å². The van der Waals surface area contributed by atoms with Gasteiger partial charge in [-0.1, -0.05) is 42.5 Å². The van der Waals surface area contributed by atoms with Gasteiger partial charge in [-0.15, -0.1) is 0 Å². The van der Waals surface area contributed by atoms with Crippen molar-refractivity contribution in [1.29, 1.82) is 0 Å². The van der Waals surface area contributed by atoms with E-state index in [-0.39, 0.29) is 37.0 Å². The Balaban J connectivity index is 1.34. The maximum Gasteiger partial charge on any atom is 0.238 e. The van der Waals surface area contributed by atoms with Crippen LogP contribution in [-0.4, -0.2) is 58.5 Å². The summed E-state index contributed by atoms with van der Waals surface area (Å²) in [6.07, 6.45) is 3.46. The molecule has 9 nitrogen and oxygen atoms in total. The molecule has 1 aliphatic heterocycles. The number of ether oxygens (including phenoxy) is 2. The maximum atomic E-state index is 13.9. The van der Waals surface area contributed by atoms with Crippen LogP contribution in [0.4, 0.5) is 5.69 Å². The van der Waals surface area contributed by atoms with Crippen LogP contribution >= 0.6 is 22.6 Å². The second-order valence-corrected chi connectivity index (χ2v) is 13.3. The van der Waals surface area contributed by atoms with Crippen LogP contribution in [0.3, 0.4) is 0 Å². The normalized spacial score (nSPS) is 20.0. The molecule has 6 rings (SSSR count). The Morgan fingerprint density at radius 1 is 1.02 bits per heavy atom. The number of aliphatic hydroxyl groups excluding tert-OH is 2. The van der Waals surface area contributed by atoms with E-state index in [1.165, 1.54) is 12.0 Å². The molecular weight excluding hydrogens is 735 g/mol. The first-order chi connectivity index (χ1) is 23.8. The number of imide groups is 1. The van der Waals surface area contributed by atoms with E-state index >= 15 is 0 Å². The predicted molar refractivity (Wildman–Crippen MR) is 195 cm³/mol. The number of allylic oxidation sites excluding steroid dienone is 1. The van der Waals surface area contributed by atoms with Gasteiger partial charge in [0.1, 0.15) is 12.4 Å². The van der Waals surface area contributed by atoms with Crippen molar-refractivity contribution in [2.24, 2.45) is 17.8 Å². The highest BCUT2D eigenvalue weighted by molar-refractivity contribution is 14.1. The fourth-order valence-corrected chi connectivity index (χ4v) is 7.54. The standard InChI is InChI=1S/C39H37IN2O7/c1-48-34-20-24(19-31(40)37(34)45)18-25(32-14-8-9-17-41-32)15-16-33(44)35-26(23-49-28-12-6-3-7-13-28)21-29-36(30(35)22-43)39(47)42(38(29)46)27-10-4-2-5-11-27/h2-14,17-20,29-30,33,36,43-45H,15-16,21-23H2,1H3/b25-18-/t29-,30+,33-,36-/m1/s1. The van der Waals surface area contributed by atoms with E-state index in [1.807, 2.05) is 66.7 Å². The van der Waals surface area contributed by atoms with Crippen molar-refractivity contribution in [1.82, 2.24) is 4.98 Å². The molecule has 4 atom stereocenters. The van der Waals surface area contributed by atoms with Gasteiger partial charge in [-0.25, -0.2) is 0 Å². The van der Waals surface area contributed by atoms with Crippen LogP contribution in [0, 0.1) is 21.3 Å². The van der Waals surface area contributed by atoms with Crippen molar-refractivity contribution in [2.75, 3.05) is 25.2 Å². The number of carbonyl (C=O) groups excluding carboxylic acids is 2. The highest BCUT2D eigenvalue weighted by Crippen LogP contribution is 2.47. The summed E-state index contributed by atoms with van der Waals surface area (Å²) in [6, 6.07) is 27.3. The number of benzene rings is 3. The number of methoxy groups -OCH3 is 1. The monoisotopic (exact) mass is 772 g/mol. The third kappa shape index (κ3) is 7.26. The minimum absolute atomic E-state index is 0.0589. The zero-order chi connectivity index (χ0) is 34.5. The van der Waals surface area contributed by atoms with E-state index < -0.39 is 30.5 Å². The number of rotatable bonds is 12. The molecule has 1 saturated heterocycles. The molecule has 0 unspecified atom stereocenters. The number of phenolic OH excluding ortho intramolecular Hbond substituents is 1. The Bertz CT molecular complexity index is 1860. The number of aromatic nitrogens is 1. The molecule has 0 saturated carbocycles.